The SMILES string of the molecule is Cc1ccc(C(=O)CSc2ncc(CO)n2Cc2cccs2)cc1. The molecule has 124 valence electrons. The topological polar surface area (TPSA) is 55.1 Å². The standard InChI is InChI=1S/C18H18N2O2S2/c1-13-4-6-14(7-5-13)17(22)12-24-18-19-9-15(11-21)20(18)10-16-3-2-8-23-16/h2-9,21H,10-12H2,1H3. The molecule has 0 aliphatic rings. The van der Waals surface area contributed by atoms with Gasteiger partial charge in [-0.15, -0.1) is 11.3 Å². The van der Waals surface area contributed by atoms with Crippen molar-refractivity contribution in [2.75, 3.05) is 5.75 Å². The molecule has 4 nitrogen and oxygen atoms in total. The van der Waals surface area contributed by atoms with E-state index in [9.17, 15) is 9.90 Å². The average molecular weight is 358 g/mol. The second kappa shape index (κ2) is 7.79. The Kier molecular flexibility index (Phi) is 5.50. The fourth-order valence-corrected chi connectivity index (χ4v) is 3.90. The summed E-state index contributed by atoms with van der Waals surface area (Å²) in [7, 11) is 0. The predicted molar refractivity (Wildman–Crippen MR) is 97.8 cm³/mol. The molecule has 0 saturated heterocycles. The summed E-state index contributed by atoms with van der Waals surface area (Å²) < 4.78 is 1.97. The number of nitrogens with zero attached hydrogens (tertiary/aromatic N) is 2. The van der Waals surface area contributed by atoms with E-state index in [0.717, 1.165) is 16.4 Å². The van der Waals surface area contributed by atoms with Crippen LogP contribution >= 0.6 is 23.1 Å². The number of aliphatic hydroxyl groups excluding tert-OH is 1. The summed E-state index contributed by atoms with van der Waals surface area (Å²) in [6, 6.07) is 11.7. The number of aromatic nitrogens is 2. The van der Waals surface area contributed by atoms with E-state index in [2.05, 4.69) is 11.1 Å². The first-order valence-corrected chi connectivity index (χ1v) is 9.44. The molecule has 1 N–H and O–H groups in total. The van der Waals surface area contributed by atoms with Gasteiger partial charge < -0.3 is 9.67 Å². The molecule has 3 rings (SSSR count). The molecule has 2 aromatic heterocycles. The van der Waals surface area contributed by atoms with E-state index < -0.39 is 0 Å². The summed E-state index contributed by atoms with van der Waals surface area (Å²) in [4.78, 5) is 17.9. The Morgan fingerprint density at radius 2 is 2.08 bits per heavy atom. The molecule has 0 radical (unpaired) electrons. The van der Waals surface area contributed by atoms with Gasteiger partial charge in [0.05, 0.1) is 30.8 Å². The van der Waals surface area contributed by atoms with E-state index in [1.807, 2.05) is 47.2 Å². The Bertz CT molecular complexity index is 808. The summed E-state index contributed by atoms with van der Waals surface area (Å²) in [6.07, 6.45) is 1.67. The number of thiophene rings is 1. The predicted octanol–water partition coefficient (Wildman–Crippen LogP) is 3.77. The van der Waals surface area contributed by atoms with Crippen molar-refractivity contribution in [2.45, 2.75) is 25.2 Å². The number of carbonyl (C=O) groups is 1. The van der Waals surface area contributed by atoms with Crippen molar-refractivity contribution in [1.82, 2.24) is 9.55 Å². The minimum Gasteiger partial charge on any atom is -0.390 e. The number of aliphatic hydroxyl groups is 1. The van der Waals surface area contributed by atoms with Crippen LogP contribution in [0.2, 0.25) is 0 Å². The van der Waals surface area contributed by atoms with Crippen molar-refractivity contribution in [3.05, 3.63) is 69.7 Å². The number of carbonyl (C=O) groups excluding carboxylic acids is 1. The molecule has 0 atom stereocenters. The van der Waals surface area contributed by atoms with Gasteiger partial charge in [-0.25, -0.2) is 4.98 Å². The lowest BCUT2D eigenvalue weighted by Crippen LogP contribution is -2.07. The van der Waals surface area contributed by atoms with Crippen molar-refractivity contribution in [3.8, 4) is 0 Å². The van der Waals surface area contributed by atoms with E-state index in [-0.39, 0.29) is 12.4 Å². The molecule has 2 heterocycles. The molecule has 0 saturated carbocycles. The van der Waals surface area contributed by atoms with Gasteiger partial charge in [0.25, 0.3) is 0 Å². The van der Waals surface area contributed by atoms with Gasteiger partial charge in [0, 0.05) is 10.4 Å². The summed E-state index contributed by atoms with van der Waals surface area (Å²) in [6.45, 7) is 2.60. The molecule has 0 aliphatic heterocycles. The minimum atomic E-state index is -0.0646. The monoisotopic (exact) mass is 358 g/mol. The van der Waals surface area contributed by atoms with Crippen molar-refractivity contribution < 1.29 is 9.90 Å². The zero-order chi connectivity index (χ0) is 16.9. The first kappa shape index (κ1) is 17.0. The zero-order valence-corrected chi connectivity index (χ0v) is 14.9. The van der Waals surface area contributed by atoms with E-state index >= 15 is 0 Å². The second-order valence-corrected chi connectivity index (χ2v) is 7.41. The summed E-state index contributed by atoms with van der Waals surface area (Å²) >= 11 is 3.07. The average Bonchev–Trinajstić information content (AvgIpc) is 3.23. The number of imidazole rings is 1. The molecule has 3 aromatic rings. The quantitative estimate of drug-likeness (QED) is 0.516. The van der Waals surface area contributed by atoms with Crippen molar-refractivity contribution >= 4 is 28.9 Å². The number of benzene rings is 1. The van der Waals surface area contributed by atoms with Crippen LogP contribution in [0.15, 0.2) is 53.1 Å². The number of thioether (sulfide) groups is 1. The smallest absolute Gasteiger partial charge is 0.173 e. The highest BCUT2D eigenvalue weighted by atomic mass is 32.2. The molecular formula is C18H18N2O2S2. The van der Waals surface area contributed by atoms with Crippen LogP contribution in [0.3, 0.4) is 0 Å². The zero-order valence-electron chi connectivity index (χ0n) is 13.3. The highest BCUT2D eigenvalue weighted by molar-refractivity contribution is 7.99. The Morgan fingerprint density at radius 1 is 1.29 bits per heavy atom. The van der Waals surface area contributed by atoms with Crippen LogP contribution in [-0.2, 0) is 13.2 Å². The van der Waals surface area contributed by atoms with Crippen LogP contribution in [0, 0.1) is 6.92 Å². The van der Waals surface area contributed by atoms with E-state index in [0.29, 0.717) is 17.9 Å². The first-order chi connectivity index (χ1) is 11.7. The molecule has 0 amide bonds. The third kappa shape index (κ3) is 3.95. The van der Waals surface area contributed by atoms with Gasteiger partial charge in [-0.3, -0.25) is 4.79 Å². The number of rotatable bonds is 7. The number of aryl methyl sites for hydroxylation is 1. The van der Waals surface area contributed by atoms with Crippen LogP contribution in [0.4, 0.5) is 0 Å². The number of Topliss-reactive ketones (excluding diaryl/α,β-unsaturated/α-hetero) is 1. The highest BCUT2D eigenvalue weighted by Crippen LogP contribution is 2.23. The van der Waals surface area contributed by atoms with Gasteiger partial charge in [-0.05, 0) is 18.4 Å². The van der Waals surface area contributed by atoms with E-state index in [1.54, 1.807) is 17.5 Å². The van der Waals surface area contributed by atoms with Gasteiger partial charge in [-0.2, -0.15) is 0 Å². The number of hydrogen-bond acceptors (Lipinski definition) is 5. The summed E-state index contributed by atoms with van der Waals surface area (Å²) in [5, 5.41) is 12.3. The maximum absolute atomic E-state index is 12.3. The highest BCUT2D eigenvalue weighted by Gasteiger charge is 2.14. The summed E-state index contributed by atoms with van der Waals surface area (Å²) in [5.74, 6) is 0.409. The third-order valence-corrected chi connectivity index (χ3v) is 5.52. The van der Waals surface area contributed by atoms with Crippen molar-refractivity contribution in [1.29, 1.82) is 0 Å². The Hall–Kier alpha value is -1.89. The van der Waals surface area contributed by atoms with Crippen LogP contribution in [0.25, 0.3) is 0 Å². The Balaban J connectivity index is 1.71. The van der Waals surface area contributed by atoms with Crippen LogP contribution in [0.1, 0.15) is 26.5 Å². The number of hydrogen-bond donors (Lipinski definition) is 1. The van der Waals surface area contributed by atoms with E-state index in [1.165, 1.54) is 16.6 Å². The normalized spacial score (nSPS) is 10.9. The minimum absolute atomic E-state index is 0.0646. The largest absolute Gasteiger partial charge is 0.390 e. The first-order valence-electron chi connectivity index (χ1n) is 7.57. The third-order valence-electron chi connectivity index (χ3n) is 3.66. The van der Waals surface area contributed by atoms with Gasteiger partial charge in [0.2, 0.25) is 0 Å². The van der Waals surface area contributed by atoms with Gasteiger partial charge >= 0.3 is 0 Å². The molecule has 0 fully saturated rings. The molecule has 24 heavy (non-hydrogen) atoms. The number of ketones is 1. The Morgan fingerprint density at radius 3 is 2.75 bits per heavy atom. The fourth-order valence-electron chi connectivity index (χ4n) is 2.31. The van der Waals surface area contributed by atoms with Crippen LogP contribution in [-0.4, -0.2) is 26.2 Å². The molecule has 0 spiro atoms. The molecular weight excluding hydrogens is 340 g/mol. The molecule has 1 aromatic carbocycles. The maximum atomic E-state index is 12.3. The van der Waals surface area contributed by atoms with Crippen molar-refractivity contribution in [3.63, 3.8) is 0 Å². The maximum Gasteiger partial charge on any atom is 0.173 e. The molecule has 0 unspecified atom stereocenters. The lowest BCUT2D eigenvalue weighted by atomic mass is 10.1. The van der Waals surface area contributed by atoms with E-state index in [4.69, 9.17) is 0 Å². The van der Waals surface area contributed by atoms with Crippen LogP contribution in [0.5, 0.6) is 0 Å². The van der Waals surface area contributed by atoms with Crippen molar-refractivity contribution in [2.24, 2.45) is 0 Å². The second-order valence-electron chi connectivity index (χ2n) is 5.43. The molecule has 0 bridgehead atoms. The molecule has 6 heteroatoms. The lowest BCUT2D eigenvalue weighted by Gasteiger charge is -2.09. The van der Waals surface area contributed by atoms with Crippen LogP contribution < -0.4 is 0 Å². The molecule has 0 aliphatic carbocycles. The lowest BCUT2D eigenvalue weighted by molar-refractivity contribution is 0.102. The van der Waals surface area contributed by atoms with Gasteiger partial charge in [0.1, 0.15) is 0 Å². The summed E-state index contributed by atoms with van der Waals surface area (Å²) in [5.41, 5.74) is 2.61. The van der Waals surface area contributed by atoms with Gasteiger partial charge in [-0.1, -0.05) is 47.7 Å². The Labute approximate surface area is 149 Å². The van der Waals surface area contributed by atoms with Gasteiger partial charge in [0.15, 0.2) is 10.9 Å². The fraction of sp³-hybridized carbons (Fsp3) is 0.222.